The van der Waals surface area contributed by atoms with Gasteiger partial charge in [0.05, 0.1) is 17.2 Å². The molecule has 6 heteroatoms. The van der Waals surface area contributed by atoms with Crippen LogP contribution in [0.25, 0.3) is 17.0 Å². The number of benzene rings is 1. The Labute approximate surface area is 106 Å². The van der Waals surface area contributed by atoms with E-state index in [-0.39, 0.29) is 11.4 Å². The minimum atomic E-state index is -0.710. The van der Waals surface area contributed by atoms with Gasteiger partial charge in [-0.3, -0.25) is 4.40 Å². The molecule has 2 aromatic heterocycles. The monoisotopic (exact) mass is 256 g/mol. The highest BCUT2D eigenvalue weighted by atomic mass is 19.1. The maximum absolute atomic E-state index is 13.7. The van der Waals surface area contributed by atoms with Crippen molar-refractivity contribution in [3.63, 3.8) is 0 Å². The van der Waals surface area contributed by atoms with Crippen molar-refractivity contribution in [1.82, 2.24) is 14.6 Å². The van der Waals surface area contributed by atoms with Gasteiger partial charge >= 0.3 is 0 Å². The van der Waals surface area contributed by atoms with Gasteiger partial charge in [0.25, 0.3) is 0 Å². The average Bonchev–Trinajstić information content (AvgIpc) is 2.81. The van der Waals surface area contributed by atoms with E-state index in [1.165, 1.54) is 16.5 Å². The molecule has 0 N–H and O–H groups in total. The predicted octanol–water partition coefficient (Wildman–Crippen LogP) is 2.55. The van der Waals surface area contributed by atoms with Gasteiger partial charge in [0.2, 0.25) is 0 Å². The fourth-order valence-electron chi connectivity index (χ4n) is 1.81. The number of nitrogens with zero attached hydrogens (tertiary/aromatic N) is 4. The number of pyridine rings is 1. The Hall–Kier alpha value is -2.81. The molecule has 92 valence electrons. The van der Waals surface area contributed by atoms with E-state index in [0.29, 0.717) is 11.2 Å². The Morgan fingerprint density at radius 2 is 1.95 bits per heavy atom. The van der Waals surface area contributed by atoms with Crippen molar-refractivity contribution in [3.8, 4) is 17.5 Å². The second-order valence-electron chi connectivity index (χ2n) is 3.90. The van der Waals surface area contributed by atoms with E-state index in [2.05, 4.69) is 10.2 Å². The van der Waals surface area contributed by atoms with Crippen LogP contribution >= 0.6 is 0 Å². The van der Waals surface area contributed by atoms with Gasteiger partial charge in [0, 0.05) is 18.3 Å². The lowest BCUT2D eigenvalue weighted by molar-refractivity contribution is 0.584. The van der Waals surface area contributed by atoms with Gasteiger partial charge < -0.3 is 0 Å². The molecule has 0 saturated heterocycles. The maximum atomic E-state index is 13.7. The second-order valence-corrected chi connectivity index (χ2v) is 3.90. The molecule has 0 fully saturated rings. The van der Waals surface area contributed by atoms with E-state index in [4.69, 9.17) is 5.26 Å². The van der Waals surface area contributed by atoms with Crippen LogP contribution in [-0.2, 0) is 0 Å². The summed E-state index contributed by atoms with van der Waals surface area (Å²) >= 11 is 0. The topological polar surface area (TPSA) is 54.0 Å². The van der Waals surface area contributed by atoms with Gasteiger partial charge in [-0.2, -0.15) is 5.26 Å². The largest absolute Gasteiger partial charge is 0.282 e. The van der Waals surface area contributed by atoms with Crippen LogP contribution in [0.1, 0.15) is 5.56 Å². The van der Waals surface area contributed by atoms with Gasteiger partial charge in [-0.25, -0.2) is 8.78 Å². The molecular formula is C13H6F2N4. The van der Waals surface area contributed by atoms with Crippen LogP contribution in [-0.4, -0.2) is 14.6 Å². The fourth-order valence-corrected chi connectivity index (χ4v) is 1.81. The number of fused-ring (bicyclic) bond motifs is 1. The van der Waals surface area contributed by atoms with Crippen LogP contribution < -0.4 is 0 Å². The zero-order chi connectivity index (χ0) is 13.4. The summed E-state index contributed by atoms with van der Waals surface area (Å²) in [5, 5.41) is 16.5. The lowest BCUT2D eigenvalue weighted by atomic mass is 10.2. The summed E-state index contributed by atoms with van der Waals surface area (Å²) in [7, 11) is 0. The number of nitriles is 1. The maximum Gasteiger partial charge on any atom is 0.171 e. The van der Waals surface area contributed by atoms with E-state index >= 15 is 0 Å². The first-order valence-electron chi connectivity index (χ1n) is 5.39. The lowest BCUT2D eigenvalue weighted by Crippen LogP contribution is -1.93. The summed E-state index contributed by atoms with van der Waals surface area (Å²) in [5.74, 6) is -1.10. The fraction of sp³-hybridized carbons (Fsp3) is 0. The van der Waals surface area contributed by atoms with Crippen LogP contribution in [0.2, 0.25) is 0 Å². The van der Waals surface area contributed by atoms with Crippen LogP contribution in [0.5, 0.6) is 0 Å². The van der Waals surface area contributed by atoms with Gasteiger partial charge in [0.15, 0.2) is 11.5 Å². The number of rotatable bonds is 1. The minimum absolute atomic E-state index is 0.151. The second kappa shape index (κ2) is 4.14. The first-order chi connectivity index (χ1) is 9.19. The molecule has 3 rings (SSSR count). The molecule has 0 atom stereocenters. The molecule has 0 saturated carbocycles. The molecule has 2 heterocycles. The Bertz CT molecular complexity index is 817. The molecule has 19 heavy (non-hydrogen) atoms. The Kier molecular flexibility index (Phi) is 2.46. The van der Waals surface area contributed by atoms with E-state index in [1.807, 2.05) is 6.07 Å². The molecular weight excluding hydrogens is 250 g/mol. The molecule has 0 aliphatic rings. The number of halogens is 2. The van der Waals surface area contributed by atoms with Crippen molar-refractivity contribution in [1.29, 1.82) is 5.26 Å². The highest BCUT2D eigenvalue weighted by Crippen LogP contribution is 2.22. The summed E-state index contributed by atoms with van der Waals surface area (Å²) in [6.07, 6.45) is 1.58. The highest BCUT2D eigenvalue weighted by molar-refractivity contribution is 5.61. The summed E-state index contributed by atoms with van der Waals surface area (Å²) in [4.78, 5) is 0. The van der Waals surface area contributed by atoms with Crippen molar-refractivity contribution in [2.24, 2.45) is 0 Å². The molecule has 0 unspecified atom stereocenters. The summed E-state index contributed by atoms with van der Waals surface area (Å²) in [6.45, 7) is 0. The third-order valence-corrected chi connectivity index (χ3v) is 2.71. The molecule has 0 aliphatic heterocycles. The molecule has 4 nitrogen and oxygen atoms in total. The van der Waals surface area contributed by atoms with Crippen LogP contribution in [0.3, 0.4) is 0 Å². The highest BCUT2D eigenvalue weighted by Gasteiger charge is 2.13. The van der Waals surface area contributed by atoms with Crippen molar-refractivity contribution < 1.29 is 8.78 Å². The summed E-state index contributed by atoms with van der Waals surface area (Å²) in [5.41, 5.74) is 1.02. The van der Waals surface area contributed by atoms with Crippen LogP contribution in [0.4, 0.5) is 8.78 Å². The molecule has 0 radical (unpaired) electrons. The normalized spacial score (nSPS) is 10.6. The summed E-state index contributed by atoms with van der Waals surface area (Å²) in [6, 6.07) is 8.35. The smallest absolute Gasteiger partial charge is 0.171 e. The first kappa shape index (κ1) is 11.3. The van der Waals surface area contributed by atoms with Gasteiger partial charge in [-0.1, -0.05) is 0 Å². The predicted molar refractivity (Wildman–Crippen MR) is 63.1 cm³/mol. The first-order valence-corrected chi connectivity index (χ1v) is 5.39. The van der Waals surface area contributed by atoms with E-state index in [0.717, 1.165) is 12.1 Å². The van der Waals surface area contributed by atoms with Gasteiger partial charge in [0.1, 0.15) is 11.6 Å². The van der Waals surface area contributed by atoms with E-state index < -0.39 is 11.6 Å². The summed E-state index contributed by atoms with van der Waals surface area (Å²) < 4.78 is 28.1. The van der Waals surface area contributed by atoms with Gasteiger partial charge in [-0.15, -0.1) is 10.2 Å². The van der Waals surface area contributed by atoms with Gasteiger partial charge in [-0.05, 0) is 18.2 Å². The van der Waals surface area contributed by atoms with E-state index in [9.17, 15) is 8.78 Å². The molecule has 0 spiro atoms. The Balaban J connectivity index is 2.23. The van der Waals surface area contributed by atoms with Crippen molar-refractivity contribution >= 4 is 5.65 Å². The SMILES string of the molecule is N#Cc1ccn2c(-c3ccc(F)cc3F)nnc2c1. The third-order valence-electron chi connectivity index (χ3n) is 2.71. The lowest BCUT2D eigenvalue weighted by Gasteiger charge is -2.01. The van der Waals surface area contributed by atoms with E-state index in [1.54, 1.807) is 12.3 Å². The number of hydrogen-bond acceptors (Lipinski definition) is 3. The molecule has 1 aromatic carbocycles. The number of hydrogen-bond donors (Lipinski definition) is 0. The van der Waals surface area contributed by atoms with Crippen LogP contribution in [0.15, 0.2) is 36.5 Å². The standard InChI is InChI=1S/C13H6F2N4/c14-9-1-2-10(11(15)6-9)13-18-17-12-5-8(7-16)3-4-19(12)13/h1-6H. The molecule has 3 aromatic rings. The molecule has 0 aliphatic carbocycles. The average molecular weight is 256 g/mol. The molecule has 0 amide bonds. The Morgan fingerprint density at radius 1 is 1.11 bits per heavy atom. The zero-order valence-electron chi connectivity index (χ0n) is 9.51. The minimum Gasteiger partial charge on any atom is -0.282 e. The quantitative estimate of drug-likeness (QED) is 0.672. The molecule has 0 bridgehead atoms. The Morgan fingerprint density at radius 3 is 2.68 bits per heavy atom. The van der Waals surface area contributed by atoms with Crippen LogP contribution in [0, 0.1) is 23.0 Å². The third kappa shape index (κ3) is 1.81. The zero-order valence-corrected chi connectivity index (χ0v) is 9.51. The van der Waals surface area contributed by atoms with Crippen molar-refractivity contribution in [3.05, 3.63) is 53.7 Å². The van der Waals surface area contributed by atoms with Crippen molar-refractivity contribution in [2.45, 2.75) is 0 Å². The van der Waals surface area contributed by atoms with Crippen molar-refractivity contribution in [2.75, 3.05) is 0 Å². The number of aromatic nitrogens is 3.